The van der Waals surface area contributed by atoms with Crippen LogP contribution in [0.1, 0.15) is 0 Å². The number of sulfone groups is 1. The Balaban J connectivity index is 2.86. The first kappa shape index (κ1) is 12.1. The summed E-state index contributed by atoms with van der Waals surface area (Å²) in [6, 6.07) is 2.84. The fourth-order valence-corrected chi connectivity index (χ4v) is 1.57. The smallest absolute Gasteiger partial charge is 0.235 e. The molecule has 0 aliphatic carbocycles. The van der Waals surface area contributed by atoms with Crippen molar-refractivity contribution in [2.45, 2.75) is 5.03 Å². The third-order valence-electron chi connectivity index (χ3n) is 1.52. The minimum absolute atomic E-state index is 0.0145. The third-order valence-corrected chi connectivity index (χ3v) is 3.03. The molecule has 1 rings (SSSR count). The second kappa shape index (κ2) is 4.71. The zero-order valence-corrected chi connectivity index (χ0v) is 10.3. The molecule has 0 saturated carbocycles. The molecular weight excluding hydrogens is 284 g/mol. The van der Waals surface area contributed by atoms with Crippen LogP contribution >= 0.6 is 15.9 Å². The molecule has 1 aromatic rings. The van der Waals surface area contributed by atoms with E-state index in [-0.39, 0.29) is 16.3 Å². The van der Waals surface area contributed by atoms with Gasteiger partial charge in [-0.05, 0) is 12.1 Å². The molecule has 1 heterocycles. The van der Waals surface area contributed by atoms with Gasteiger partial charge in [0, 0.05) is 6.26 Å². The van der Waals surface area contributed by atoms with Crippen molar-refractivity contribution in [3.63, 3.8) is 0 Å². The van der Waals surface area contributed by atoms with E-state index in [4.69, 9.17) is 0 Å². The van der Waals surface area contributed by atoms with Gasteiger partial charge in [0.15, 0.2) is 14.9 Å². The first-order chi connectivity index (χ1) is 6.93. The van der Waals surface area contributed by atoms with Crippen LogP contribution in [0.15, 0.2) is 23.4 Å². The van der Waals surface area contributed by atoms with Crippen LogP contribution in [0.2, 0.25) is 0 Å². The third kappa shape index (κ3) is 3.60. The molecule has 1 aromatic heterocycles. The predicted octanol–water partition coefficient (Wildman–Crippen LogP) is 0.819. The van der Waals surface area contributed by atoms with Gasteiger partial charge in [-0.25, -0.2) is 13.4 Å². The lowest BCUT2D eigenvalue weighted by Crippen LogP contribution is -2.12. The van der Waals surface area contributed by atoms with E-state index < -0.39 is 9.84 Å². The van der Waals surface area contributed by atoms with E-state index in [1.165, 1.54) is 18.3 Å². The zero-order valence-electron chi connectivity index (χ0n) is 7.90. The maximum Gasteiger partial charge on any atom is 0.235 e. The maximum atomic E-state index is 11.1. The average Bonchev–Trinajstić information content (AvgIpc) is 2.17. The van der Waals surface area contributed by atoms with Gasteiger partial charge in [-0.1, -0.05) is 15.9 Å². The Morgan fingerprint density at radius 2 is 2.20 bits per heavy atom. The van der Waals surface area contributed by atoms with Gasteiger partial charge in [0.2, 0.25) is 5.91 Å². The van der Waals surface area contributed by atoms with Gasteiger partial charge in [-0.3, -0.25) is 4.79 Å². The lowest BCUT2D eigenvalue weighted by molar-refractivity contribution is -0.113. The minimum atomic E-state index is -3.29. The van der Waals surface area contributed by atoms with Gasteiger partial charge >= 0.3 is 0 Å². The number of hydrogen-bond acceptors (Lipinski definition) is 4. The summed E-state index contributed by atoms with van der Waals surface area (Å²) >= 11 is 2.99. The van der Waals surface area contributed by atoms with Crippen molar-refractivity contribution in [2.24, 2.45) is 0 Å². The molecule has 0 unspecified atom stereocenters. The van der Waals surface area contributed by atoms with Crippen molar-refractivity contribution >= 4 is 37.4 Å². The van der Waals surface area contributed by atoms with Crippen LogP contribution in [-0.4, -0.2) is 30.9 Å². The molecule has 1 N–H and O–H groups in total. The van der Waals surface area contributed by atoms with E-state index >= 15 is 0 Å². The largest absolute Gasteiger partial charge is 0.324 e. The predicted molar refractivity (Wildman–Crippen MR) is 59.8 cm³/mol. The Kier molecular flexibility index (Phi) is 3.81. The molecule has 15 heavy (non-hydrogen) atoms. The number of pyridine rings is 1. The van der Waals surface area contributed by atoms with E-state index in [1.807, 2.05) is 0 Å². The van der Waals surface area contributed by atoms with E-state index in [9.17, 15) is 13.2 Å². The number of amides is 1. The van der Waals surface area contributed by atoms with Gasteiger partial charge in [-0.2, -0.15) is 0 Å². The van der Waals surface area contributed by atoms with Crippen LogP contribution in [0.5, 0.6) is 0 Å². The molecule has 0 radical (unpaired) electrons. The maximum absolute atomic E-state index is 11.1. The molecule has 0 saturated heterocycles. The number of nitrogens with one attached hydrogen (secondary N) is 1. The fourth-order valence-electron chi connectivity index (χ4n) is 0.868. The Morgan fingerprint density at radius 3 is 2.60 bits per heavy atom. The van der Waals surface area contributed by atoms with Crippen molar-refractivity contribution in [3.8, 4) is 0 Å². The van der Waals surface area contributed by atoms with Gasteiger partial charge in [0.25, 0.3) is 0 Å². The average molecular weight is 293 g/mol. The molecule has 0 atom stereocenters. The van der Waals surface area contributed by atoms with Crippen LogP contribution in [-0.2, 0) is 14.6 Å². The number of alkyl halides is 1. The van der Waals surface area contributed by atoms with Gasteiger partial charge in [0.1, 0.15) is 0 Å². The van der Waals surface area contributed by atoms with Crippen LogP contribution in [0.4, 0.5) is 5.69 Å². The first-order valence-corrected chi connectivity index (χ1v) is 6.96. The summed E-state index contributed by atoms with van der Waals surface area (Å²) in [5.41, 5.74) is 0.465. The van der Waals surface area contributed by atoms with Crippen molar-refractivity contribution in [2.75, 3.05) is 16.9 Å². The van der Waals surface area contributed by atoms with Crippen molar-refractivity contribution in [1.82, 2.24) is 4.98 Å². The summed E-state index contributed by atoms with van der Waals surface area (Å²) in [4.78, 5) is 14.7. The Bertz CT molecular complexity index is 455. The van der Waals surface area contributed by atoms with Crippen LogP contribution in [0.3, 0.4) is 0 Å². The highest BCUT2D eigenvalue weighted by Crippen LogP contribution is 2.10. The van der Waals surface area contributed by atoms with E-state index in [0.717, 1.165) is 6.26 Å². The Morgan fingerprint density at radius 1 is 1.53 bits per heavy atom. The van der Waals surface area contributed by atoms with Crippen molar-refractivity contribution < 1.29 is 13.2 Å². The number of halogens is 1. The second-order valence-corrected chi connectivity index (χ2v) is 5.36. The molecule has 0 aromatic carbocycles. The molecule has 0 aliphatic heterocycles. The van der Waals surface area contributed by atoms with Crippen molar-refractivity contribution in [1.29, 1.82) is 0 Å². The van der Waals surface area contributed by atoms with Crippen molar-refractivity contribution in [3.05, 3.63) is 18.3 Å². The number of carbonyl (C=O) groups excluding carboxylic acids is 1. The monoisotopic (exact) mass is 292 g/mol. The molecule has 0 bridgehead atoms. The summed E-state index contributed by atoms with van der Waals surface area (Å²) in [5.74, 6) is -0.219. The van der Waals surface area contributed by atoms with E-state index in [2.05, 4.69) is 26.2 Å². The number of aromatic nitrogens is 1. The SMILES string of the molecule is CS(=O)(=O)c1ccc(NC(=O)CBr)cn1. The quantitative estimate of drug-likeness (QED) is 0.837. The Hall–Kier alpha value is -0.950. The minimum Gasteiger partial charge on any atom is -0.324 e. The van der Waals surface area contributed by atoms with Crippen LogP contribution < -0.4 is 5.32 Å². The molecule has 0 fully saturated rings. The summed E-state index contributed by atoms with van der Waals surface area (Å²) in [6.45, 7) is 0. The molecule has 7 heteroatoms. The fraction of sp³-hybridized carbons (Fsp3) is 0.250. The second-order valence-electron chi connectivity index (χ2n) is 2.84. The lowest BCUT2D eigenvalue weighted by Gasteiger charge is -2.02. The normalized spacial score (nSPS) is 11.1. The van der Waals surface area contributed by atoms with E-state index in [1.54, 1.807) is 0 Å². The summed E-state index contributed by atoms with van der Waals surface area (Å²) in [6.07, 6.45) is 2.38. The van der Waals surface area contributed by atoms with Crippen LogP contribution in [0, 0.1) is 0 Å². The summed E-state index contributed by atoms with van der Waals surface area (Å²) in [7, 11) is -3.29. The zero-order chi connectivity index (χ0) is 11.5. The molecule has 82 valence electrons. The van der Waals surface area contributed by atoms with Crippen LogP contribution in [0.25, 0.3) is 0 Å². The number of nitrogens with zero attached hydrogens (tertiary/aromatic N) is 1. The number of rotatable bonds is 3. The standard InChI is InChI=1S/C8H9BrN2O3S/c1-15(13,14)8-3-2-6(5-10-8)11-7(12)4-9/h2-3,5H,4H2,1H3,(H,11,12). The van der Waals surface area contributed by atoms with E-state index in [0.29, 0.717) is 5.69 Å². The molecule has 1 amide bonds. The van der Waals surface area contributed by atoms with Gasteiger partial charge in [-0.15, -0.1) is 0 Å². The Labute approximate surface area is 96.0 Å². The first-order valence-electron chi connectivity index (χ1n) is 3.95. The topological polar surface area (TPSA) is 76.1 Å². The highest BCUT2D eigenvalue weighted by molar-refractivity contribution is 9.09. The molecule has 0 aliphatic rings. The molecule has 0 spiro atoms. The van der Waals surface area contributed by atoms with Gasteiger partial charge in [0.05, 0.1) is 17.2 Å². The highest BCUT2D eigenvalue weighted by Gasteiger charge is 2.08. The summed E-state index contributed by atoms with van der Waals surface area (Å²) < 4.78 is 22.1. The summed E-state index contributed by atoms with van der Waals surface area (Å²) in [5, 5.41) is 2.69. The molecule has 5 nitrogen and oxygen atoms in total. The van der Waals surface area contributed by atoms with Gasteiger partial charge < -0.3 is 5.32 Å². The highest BCUT2D eigenvalue weighted by atomic mass is 79.9. The lowest BCUT2D eigenvalue weighted by atomic mass is 10.4. The number of hydrogen-bond donors (Lipinski definition) is 1. The number of carbonyl (C=O) groups is 1. The number of anilines is 1. The molecular formula is C8H9BrN2O3S.